The topological polar surface area (TPSA) is 68.0 Å². The molecule has 5 nitrogen and oxygen atoms in total. The molecule has 1 amide bonds. The highest BCUT2D eigenvalue weighted by Crippen LogP contribution is 2.31. The number of amides is 1. The summed E-state index contributed by atoms with van der Waals surface area (Å²) >= 11 is 0. The van der Waals surface area contributed by atoms with E-state index in [0.717, 1.165) is 35.2 Å². The van der Waals surface area contributed by atoms with Gasteiger partial charge in [0.15, 0.2) is 0 Å². The molecular weight excluding hydrogens is 302 g/mol. The minimum atomic E-state index is 0.0817. The first-order chi connectivity index (χ1) is 11.7. The summed E-state index contributed by atoms with van der Waals surface area (Å²) in [5, 5.41) is 7.01. The minimum absolute atomic E-state index is 0.0817. The molecule has 0 spiro atoms. The number of aromatic nitrogens is 2. The van der Waals surface area contributed by atoms with E-state index in [1.165, 1.54) is 0 Å². The number of hydrogen-bond acceptors (Lipinski definition) is 4. The highest BCUT2D eigenvalue weighted by atomic mass is 16.5. The summed E-state index contributed by atoms with van der Waals surface area (Å²) in [5.41, 5.74) is 3.58. The van der Waals surface area contributed by atoms with E-state index in [-0.39, 0.29) is 11.8 Å². The molecule has 0 unspecified atom stereocenters. The van der Waals surface area contributed by atoms with Crippen LogP contribution in [0.25, 0.3) is 22.8 Å². The smallest absolute Gasteiger partial charge is 0.258 e. The van der Waals surface area contributed by atoms with Crippen molar-refractivity contribution in [2.45, 2.75) is 19.8 Å². The molecule has 1 fully saturated rings. The molecule has 0 bridgehead atoms. The molecule has 24 heavy (non-hydrogen) atoms. The van der Waals surface area contributed by atoms with Gasteiger partial charge in [-0.2, -0.15) is 4.98 Å². The van der Waals surface area contributed by atoms with Gasteiger partial charge in [0.1, 0.15) is 0 Å². The number of rotatable bonds is 4. The lowest BCUT2D eigenvalue weighted by molar-refractivity contribution is -0.117. The van der Waals surface area contributed by atoms with Crippen LogP contribution >= 0.6 is 0 Å². The van der Waals surface area contributed by atoms with Crippen LogP contribution in [-0.4, -0.2) is 16.0 Å². The zero-order valence-electron chi connectivity index (χ0n) is 13.3. The third kappa shape index (κ3) is 2.93. The maximum absolute atomic E-state index is 11.9. The van der Waals surface area contributed by atoms with Crippen molar-refractivity contribution in [1.82, 2.24) is 10.1 Å². The molecule has 0 saturated heterocycles. The summed E-state index contributed by atoms with van der Waals surface area (Å²) in [6.07, 6.45) is 1.96. The Hall–Kier alpha value is -2.95. The van der Waals surface area contributed by atoms with Gasteiger partial charge in [-0.05, 0) is 43.5 Å². The number of carbonyl (C=O) groups is 1. The number of nitrogens with one attached hydrogen (secondary N) is 1. The standard InChI is InChI=1S/C19H17N3O2/c1-12-5-2-3-8-16(12)17-21-19(24-22-17)14-6-4-7-15(11-14)20-18(23)13-9-10-13/h2-8,11,13H,9-10H2,1H3,(H,20,23). The van der Waals surface area contributed by atoms with Crippen LogP contribution < -0.4 is 5.32 Å². The molecule has 0 atom stereocenters. The molecule has 2 aromatic carbocycles. The Morgan fingerprint density at radius 2 is 2.00 bits per heavy atom. The molecule has 5 heteroatoms. The minimum Gasteiger partial charge on any atom is -0.334 e. The second-order valence-corrected chi connectivity index (χ2v) is 6.08. The Labute approximate surface area is 139 Å². The molecule has 0 aliphatic heterocycles. The predicted molar refractivity (Wildman–Crippen MR) is 91.3 cm³/mol. The highest BCUT2D eigenvalue weighted by Gasteiger charge is 2.29. The summed E-state index contributed by atoms with van der Waals surface area (Å²) in [4.78, 5) is 16.4. The zero-order valence-corrected chi connectivity index (χ0v) is 13.3. The number of nitrogens with zero attached hydrogens (tertiary/aromatic N) is 2. The summed E-state index contributed by atoms with van der Waals surface area (Å²) in [7, 11) is 0. The van der Waals surface area contributed by atoms with Gasteiger partial charge in [0, 0.05) is 22.7 Å². The quantitative estimate of drug-likeness (QED) is 0.787. The second kappa shape index (κ2) is 5.92. The first kappa shape index (κ1) is 14.6. The van der Waals surface area contributed by atoms with Crippen molar-refractivity contribution in [3.63, 3.8) is 0 Å². The van der Waals surface area contributed by atoms with Crippen molar-refractivity contribution in [3.8, 4) is 22.8 Å². The van der Waals surface area contributed by atoms with E-state index in [1.54, 1.807) is 0 Å². The number of hydrogen-bond donors (Lipinski definition) is 1. The fraction of sp³-hybridized carbons (Fsp3) is 0.211. The SMILES string of the molecule is Cc1ccccc1-c1noc(-c2cccc(NC(=O)C3CC3)c2)n1. The zero-order chi connectivity index (χ0) is 16.5. The normalized spacial score (nSPS) is 13.7. The highest BCUT2D eigenvalue weighted by molar-refractivity contribution is 5.94. The lowest BCUT2D eigenvalue weighted by atomic mass is 10.1. The van der Waals surface area contributed by atoms with Crippen LogP contribution in [0.5, 0.6) is 0 Å². The van der Waals surface area contributed by atoms with E-state index < -0.39 is 0 Å². The van der Waals surface area contributed by atoms with Crippen LogP contribution in [0.1, 0.15) is 18.4 Å². The van der Waals surface area contributed by atoms with Crippen LogP contribution in [0.15, 0.2) is 53.1 Å². The molecule has 4 rings (SSSR count). The van der Waals surface area contributed by atoms with Crippen molar-refractivity contribution in [2.24, 2.45) is 5.92 Å². The maximum Gasteiger partial charge on any atom is 0.258 e. The van der Waals surface area contributed by atoms with E-state index in [1.807, 2.05) is 55.5 Å². The fourth-order valence-electron chi connectivity index (χ4n) is 2.59. The monoisotopic (exact) mass is 319 g/mol. The predicted octanol–water partition coefficient (Wildman–Crippen LogP) is 4.06. The van der Waals surface area contributed by atoms with Crippen LogP contribution in [0.4, 0.5) is 5.69 Å². The Morgan fingerprint density at radius 1 is 1.17 bits per heavy atom. The van der Waals surface area contributed by atoms with E-state index in [2.05, 4.69) is 15.5 Å². The summed E-state index contributed by atoms with van der Waals surface area (Å²) in [5.74, 6) is 1.26. The summed E-state index contributed by atoms with van der Waals surface area (Å²) < 4.78 is 5.41. The largest absolute Gasteiger partial charge is 0.334 e. The number of anilines is 1. The van der Waals surface area contributed by atoms with Gasteiger partial charge >= 0.3 is 0 Å². The van der Waals surface area contributed by atoms with Gasteiger partial charge < -0.3 is 9.84 Å². The van der Waals surface area contributed by atoms with Gasteiger partial charge in [-0.25, -0.2) is 0 Å². The van der Waals surface area contributed by atoms with Gasteiger partial charge in [-0.1, -0.05) is 35.5 Å². The Bertz CT molecular complexity index is 897. The van der Waals surface area contributed by atoms with Crippen molar-refractivity contribution in [3.05, 3.63) is 54.1 Å². The van der Waals surface area contributed by atoms with Crippen molar-refractivity contribution >= 4 is 11.6 Å². The second-order valence-electron chi connectivity index (χ2n) is 6.08. The third-order valence-corrected chi connectivity index (χ3v) is 4.14. The van der Waals surface area contributed by atoms with Gasteiger partial charge in [-0.3, -0.25) is 4.79 Å². The molecule has 1 aromatic heterocycles. The molecule has 1 heterocycles. The summed E-state index contributed by atoms with van der Waals surface area (Å²) in [6, 6.07) is 15.4. The van der Waals surface area contributed by atoms with Gasteiger partial charge in [0.2, 0.25) is 11.7 Å². The Kier molecular flexibility index (Phi) is 3.61. The molecular formula is C19H17N3O2. The lowest BCUT2D eigenvalue weighted by Crippen LogP contribution is -2.13. The Balaban J connectivity index is 1.60. The van der Waals surface area contributed by atoms with Gasteiger partial charge in [0.25, 0.3) is 5.89 Å². The average Bonchev–Trinajstić information content (AvgIpc) is 3.33. The number of carbonyl (C=O) groups excluding carboxylic acids is 1. The maximum atomic E-state index is 11.9. The van der Waals surface area contributed by atoms with Gasteiger partial charge in [-0.15, -0.1) is 0 Å². The molecule has 1 aliphatic carbocycles. The molecule has 120 valence electrons. The first-order valence-corrected chi connectivity index (χ1v) is 8.02. The van der Waals surface area contributed by atoms with Crippen LogP contribution in [0, 0.1) is 12.8 Å². The Morgan fingerprint density at radius 3 is 2.79 bits per heavy atom. The van der Waals surface area contributed by atoms with E-state index >= 15 is 0 Å². The van der Waals surface area contributed by atoms with E-state index in [9.17, 15) is 4.79 Å². The molecule has 0 radical (unpaired) electrons. The van der Waals surface area contributed by atoms with Crippen LogP contribution in [-0.2, 0) is 4.79 Å². The van der Waals surface area contributed by atoms with Crippen molar-refractivity contribution in [2.75, 3.05) is 5.32 Å². The van der Waals surface area contributed by atoms with E-state index in [4.69, 9.17) is 4.52 Å². The fourth-order valence-corrected chi connectivity index (χ4v) is 2.59. The average molecular weight is 319 g/mol. The molecule has 3 aromatic rings. The molecule has 1 aliphatic rings. The number of aryl methyl sites for hydroxylation is 1. The van der Waals surface area contributed by atoms with E-state index in [0.29, 0.717) is 11.7 Å². The molecule has 1 N–H and O–H groups in total. The summed E-state index contributed by atoms with van der Waals surface area (Å²) in [6.45, 7) is 2.01. The first-order valence-electron chi connectivity index (χ1n) is 8.02. The number of benzene rings is 2. The van der Waals surface area contributed by atoms with Crippen LogP contribution in [0.3, 0.4) is 0 Å². The lowest BCUT2D eigenvalue weighted by Gasteiger charge is -2.04. The van der Waals surface area contributed by atoms with Crippen LogP contribution in [0.2, 0.25) is 0 Å². The van der Waals surface area contributed by atoms with Gasteiger partial charge in [0.05, 0.1) is 0 Å². The third-order valence-electron chi connectivity index (χ3n) is 4.14. The van der Waals surface area contributed by atoms with Crippen molar-refractivity contribution < 1.29 is 9.32 Å². The molecule has 1 saturated carbocycles. The van der Waals surface area contributed by atoms with Crippen molar-refractivity contribution in [1.29, 1.82) is 0 Å².